The van der Waals surface area contributed by atoms with E-state index in [1.54, 1.807) is 26.2 Å². The lowest BCUT2D eigenvalue weighted by Gasteiger charge is -2.20. The second-order valence-corrected chi connectivity index (χ2v) is 6.37. The molecule has 1 aromatic rings. The molecule has 0 radical (unpaired) electrons. The quantitative estimate of drug-likeness (QED) is 0.688. The summed E-state index contributed by atoms with van der Waals surface area (Å²) in [7, 11) is 6.07. The van der Waals surface area contributed by atoms with Crippen LogP contribution in [0.25, 0.3) is 0 Å². The predicted molar refractivity (Wildman–Crippen MR) is 94.7 cm³/mol. The highest BCUT2D eigenvalue weighted by Crippen LogP contribution is 2.40. The van der Waals surface area contributed by atoms with E-state index in [9.17, 15) is 14.4 Å². The number of rotatable bonds is 6. The molecule has 1 aromatic carbocycles. The molecular weight excluding hydrogens is 364 g/mol. The molecule has 9 heteroatoms. The second-order valence-electron chi connectivity index (χ2n) is 5.96. The molecule has 1 saturated heterocycles. The van der Waals surface area contributed by atoms with Crippen LogP contribution in [-0.2, 0) is 19.1 Å². The fraction of sp³-hybridized carbons (Fsp3) is 0.471. The van der Waals surface area contributed by atoms with Crippen molar-refractivity contribution in [2.45, 2.75) is 6.42 Å². The lowest BCUT2D eigenvalue weighted by Crippen LogP contribution is -2.30. The second kappa shape index (κ2) is 8.27. The van der Waals surface area contributed by atoms with E-state index < -0.39 is 11.9 Å². The van der Waals surface area contributed by atoms with Crippen LogP contribution in [0.1, 0.15) is 6.42 Å². The van der Waals surface area contributed by atoms with E-state index in [0.29, 0.717) is 22.2 Å². The standard InChI is InChI=1S/C17H21ClN2O6/c1-19(2)16(22)9-26-17(23)10-5-15(21)20(8-10)12-6-11(18)13(24-3)7-14(12)25-4/h6-7,10H,5,8-9H2,1-4H3/t10-/m0/s1. The maximum Gasteiger partial charge on any atom is 0.311 e. The van der Waals surface area contributed by atoms with Crippen molar-refractivity contribution < 1.29 is 28.6 Å². The van der Waals surface area contributed by atoms with Gasteiger partial charge in [0.2, 0.25) is 5.91 Å². The number of methoxy groups -OCH3 is 2. The van der Waals surface area contributed by atoms with Crippen LogP contribution in [-0.4, -0.2) is 64.2 Å². The number of carbonyl (C=O) groups is 3. The third-order valence-electron chi connectivity index (χ3n) is 4.04. The highest BCUT2D eigenvalue weighted by molar-refractivity contribution is 6.32. The average Bonchev–Trinajstić information content (AvgIpc) is 3.00. The van der Waals surface area contributed by atoms with Crippen LogP contribution in [0.15, 0.2) is 12.1 Å². The average molecular weight is 385 g/mol. The summed E-state index contributed by atoms with van der Waals surface area (Å²) in [6.45, 7) is -0.235. The minimum Gasteiger partial charge on any atom is -0.495 e. The van der Waals surface area contributed by atoms with Crippen LogP contribution in [0.2, 0.25) is 5.02 Å². The van der Waals surface area contributed by atoms with Gasteiger partial charge < -0.3 is 24.0 Å². The maximum atomic E-state index is 12.4. The number of esters is 1. The first-order valence-corrected chi connectivity index (χ1v) is 8.25. The Morgan fingerprint density at radius 3 is 2.46 bits per heavy atom. The van der Waals surface area contributed by atoms with E-state index in [1.165, 1.54) is 24.0 Å². The molecule has 0 unspecified atom stereocenters. The number of hydrogen-bond acceptors (Lipinski definition) is 6. The van der Waals surface area contributed by atoms with Gasteiger partial charge in [-0.05, 0) is 6.07 Å². The Balaban J connectivity index is 2.14. The number of hydrogen-bond donors (Lipinski definition) is 0. The molecule has 8 nitrogen and oxygen atoms in total. The third-order valence-corrected chi connectivity index (χ3v) is 4.33. The van der Waals surface area contributed by atoms with Gasteiger partial charge in [0.1, 0.15) is 11.5 Å². The van der Waals surface area contributed by atoms with E-state index in [2.05, 4.69) is 0 Å². The van der Waals surface area contributed by atoms with E-state index in [0.717, 1.165) is 0 Å². The molecule has 1 heterocycles. The molecule has 2 rings (SSSR count). The lowest BCUT2D eigenvalue weighted by molar-refractivity contribution is -0.154. The largest absolute Gasteiger partial charge is 0.495 e. The molecule has 1 aliphatic rings. The van der Waals surface area contributed by atoms with Crippen molar-refractivity contribution in [3.63, 3.8) is 0 Å². The van der Waals surface area contributed by atoms with Crippen molar-refractivity contribution in [2.24, 2.45) is 5.92 Å². The van der Waals surface area contributed by atoms with Crippen molar-refractivity contribution >= 4 is 35.1 Å². The van der Waals surface area contributed by atoms with Crippen molar-refractivity contribution in [3.8, 4) is 11.5 Å². The molecule has 1 fully saturated rings. The molecular formula is C17H21ClN2O6. The van der Waals surface area contributed by atoms with Crippen LogP contribution in [0, 0.1) is 5.92 Å². The monoisotopic (exact) mass is 384 g/mol. The van der Waals surface area contributed by atoms with Gasteiger partial charge in [-0.1, -0.05) is 11.6 Å². The number of likely N-dealkylation sites (N-methyl/N-ethyl adjacent to an activating group) is 1. The molecule has 0 aliphatic carbocycles. The van der Waals surface area contributed by atoms with Crippen molar-refractivity contribution in [1.82, 2.24) is 4.90 Å². The zero-order valence-corrected chi connectivity index (χ0v) is 15.8. The van der Waals surface area contributed by atoms with E-state index in [-0.39, 0.29) is 31.4 Å². The Morgan fingerprint density at radius 2 is 1.88 bits per heavy atom. The predicted octanol–water partition coefficient (Wildman–Crippen LogP) is 1.34. The Kier molecular flexibility index (Phi) is 6.31. The summed E-state index contributed by atoms with van der Waals surface area (Å²) in [5, 5.41) is 0.318. The van der Waals surface area contributed by atoms with Gasteiger partial charge in [0.15, 0.2) is 6.61 Å². The normalized spacial score (nSPS) is 16.4. The van der Waals surface area contributed by atoms with Crippen LogP contribution >= 0.6 is 11.6 Å². The molecule has 2 amide bonds. The van der Waals surface area contributed by atoms with Crippen molar-refractivity contribution in [2.75, 3.05) is 46.4 Å². The summed E-state index contributed by atoms with van der Waals surface area (Å²) >= 11 is 6.15. The molecule has 0 bridgehead atoms. The first-order valence-electron chi connectivity index (χ1n) is 7.87. The van der Waals surface area contributed by atoms with Gasteiger partial charge in [0.05, 0.1) is 30.8 Å². The van der Waals surface area contributed by atoms with E-state index in [1.807, 2.05) is 0 Å². The highest BCUT2D eigenvalue weighted by Gasteiger charge is 2.37. The SMILES string of the molecule is COc1cc(OC)c(N2C[C@@H](C(=O)OCC(=O)N(C)C)CC2=O)cc1Cl. The zero-order valence-electron chi connectivity index (χ0n) is 15.1. The molecule has 0 spiro atoms. The van der Waals surface area contributed by atoms with Gasteiger partial charge in [-0.25, -0.2) is 0 Å². The number of benzene rings is 1. The highest BCUT2D eigenvalue weighted by atomic mass is 35.5. The van der Waals surface area contributed by atoms with Crippen molar-refractivity contribution in [1.29, 1.82) is 0 Å². The fourth-order valence-corrected chi connectivity index (χ4v) is 2.77. The Hall–Kier alpha value is -2.48. The van der Waals surface area contributed by atoms with Crippen molar-refractivity contribution in [3.05, 3.63) is 17.2 Å². The minimum atomic E-state index is -0.664. The summed E-state index contributed by atoms with van der Waals surface area (Å²) in [4.78, 5) is 38.8. The van der Waals surface area contributed by atoms with Gasteiger partial charge in [0, 0.05) is 33.1 Å². The number of ether oxygens (including phenoxy) is 3. The summed E-state index contributed by atoms with van der Waals surface area (Å²) in [6, 6.07) is 3.13. The first-order chi connectivity index (χ1) is 12.3. The molecule has 1 atom stereocenters. The lowest BCUT2D eigenvalue weighted by atomic mass is 10.1. The Morgan fingerprint density at radius 1 is 1.23 bits per heavy atom. The Labute approximate surface area is 156 Å². The summed E-state index contributed by atoms with van der Waals surface area (Å²) < 4.78 is 15.5. The topological polar surface area (TPSA) is 85.4 Å². The van der Waals surface area contributed by atoms with E-state index in [4.69, 9.17) is 25.8 Å². The number of amides is 2. The van der Waals surface area contributed by atoms with Gasteiger partial charge in [0.25, 0.3) is 5.91 Å². The van der Waals surface area contributed by atoms with Gasteiger partial charge in [-0.15, -0.1) is 0 Å². The Bertz CT molecular complexity index is 721. The van der Waals surface area contributed by atoms with Crippen LogP contribution in [0.4, 0.5) is 5.69 Å². The smallest absolute Gasteiger partial charge is 0.311 e. The summed E-state index contributed by atoms with van der Waals surface area (Å²) in [6.07, 6.45) is -0.0121. The zero-order chi connectivity index (χ0) is 19.4. The molecule has 0 N–H and O–H groups in total. The van der Waals surface area contributed by atoms with Crippen LogP contribution in [0.3, 0.4) is 0 Å². The third kappa shape index (κ3) is 4.19. The number of carbonyl (C=O) groups excluding carboxylic acids is 3. The summed E-state index contributed by atoms with van der Waals surface area (Å²) in [5.41, 5.74) is 0.447. The van der Waals surface area contributed by atoms with Gasteiger partial charge in [-0.3, -0.25) is 14.4 Å². The fourth-order valence-electron chi connectivity index (χ4n) is 2.53. The van der Waals surface area contributed by atoms with Crippen LogP contribution in [0.5, 0.6) is 11.5 Å². The molecule has 1 aliphatic heterocycles. The first kappa shape index (κ1) is 19.8. The summed E-state index contributed by atoms with van der Waals surface area (Å²) in [5.74, 6) is -1.03. The minimum absolute atomic E-state index is 0.0121. The van der Waals surface area contributed by atoms with Crippen LogP contribution < -0.4 is 14.4 Å². The number of nitrogens with zero attached hydrogens (tertiary/aromatic N) is 2. The molecule has 0 saturated carbocycles. The molecule has 26 heavy (non-hydrogen) atoms. The number of halogens is 1. The molecule has 142 valence electrons. The number of anilines is 1. The maximum absolute atomic E-state index is 12.4. The van der Waals surface area contributed by atoms with Gasteiger partial charge in [-0.2, -0.15) is 0 Å². The van der Waals surface area contributed by atoms with E-state index >= 15 is 0 Å². The molecule has 0 aromatic heterocycles. The van der Waals surface area contributed by atoms with Gasteiger partial charge >= 0.3 is 5.97 Å².